The molecule has 0 fully saturated rings. The van der Waals surface area contributed by atoms with E-state index in [0.717, 1.165) is 5.69 Å². The lowest BCUT2D eigenvalue weighted by molar-refractivity contribution is -0.142. The van der Waals surface area contributed by atoms with Crippen LogP contribution >= 0.6 is 11.6 Å². The fourth-order valence-electron chi connectivity index (χ4n) is 2.43. The molecule has 1 aromatic carbocycles. The maximum atomic E-state index is 12.4. The highest BCUT2D eigenvalue weighted by Crippen LogP contribution is 2.22. The highest BCUT2D eigenvalue weighted by Gasteiger charge is 2.36. The number of halogens is 1. The van der Waals surface area contributed by atoms with Gasteiger partial charge in [0.2, 0.25) is 0 Å². The Morgan fingerprint density at radius 2 is 2.27 bits per heavy atom. The fraction of sp³-hybridized carbons (Fsp3) is 0.214. The number of carboxylic acid groups (broad SMARTS) is 1. The Bertz CT molecular complexity index is 730. The number of benzene rings is 1. The molecule has 0 spiro atoms. The number of carboxylic acids is 1. The number of carbonyl (C=O) groups excluding carboxylic acids is 1. The zero-order valence-corrected chi connectivity index (χ0v) is 12.2. The van der Waals surface area contributed by atoms with E-state index in [1.807, 2.05) is 0 Å². The summed E-state index contributed by atoms with van der Waals surface area (Å²) in [7, 11) is 0. The second-order valence-electron chi connectivity index (χ2n) is 4.95. The maximum Gasteiger partial charge on any atom is 0.326 e. The van der Waals surface area contributed by atoms with Crippen LogP contribution in [0.25, 0.3) is 0 Å². The number of anilines is 1. The van der Waals surface area contributed by atoms with Crippen LogP contribution in [-0.2, 0) is 17.8 Å². The van der Waals surface area contributed by atoms with Gasteiger partial charge < -0.3 is 20.3 Å². The van der Waals surface area contributed by atoms with Crippen LogP contribution in [0.15, 0.2) is 30.6 Å². The summed E-state index contributed by atoms with van der Waals surface area (Å²) in [5.41, 5.74) is 1.94. The van der Waals surface area contributed by atoms with E-state index in [2.05, 4.69) is 15.3 Å². The molecular weight excluding hydrogens is 308 g/mol. The highest BCUT2D eigenvalue weighted by molar-refractivity contribution is 6.30. The van der Waals surface area contributed by atoms with Gasteiger partial charge in [-0.1, -0.05) is 17.7 Å². The minimum Gasteiger partial charge on any atom is -0.480 e. The number of nitrogens with one attached hydrogen (secondary N) is 2. The quantitative estimate of drug-likeness (QED) is 0.789. The summed E-state index contributed by atoms with van der Waals surface area (Å²) in [5.74, 6) is -1.06. The third-order valence-electron chi connectivity index (χ3n) is 3.52. The molecular formula is C14H13ClN4O3. The molecule has 0 saturated carbocycles. The molecule has 22 heavy (non-hydrogen) atoms. The van der Waals surface area contributed by atoms with Crippen molar-refractivity contribution in [1.82, 2.24) is 14.9 Å². The summed E-state index contributed by atoms with van der Waals surface area (Å²) < 4.78 is 0. The predicted octanol–water partition coefficient (Wildman–Crippen LogP) is 2.11. The monoisotopic (exact) mass is 320 g/mol. The van der Waals surface area contributed by atoms with Crippen LogP contribution in [0.1, 0.15) is 11.4 Å². The minimum atomic E-state index is -1.06. The van der Waals surface area contributed by atoms with E-state index in [1.165, 1.54) is 11.2 Å². The summed E-state index contributed by atoms with van der Waals surface area (Å²) in [5, 5.41) is 12.5. The molecule has 2 amide bonds. The lowest BCUT2D eigenvalue weighted by Crippen LogP contribution is -2.50. The summed E-state index contributed by atoms with van der Waals surface area (Å²) in [6, 6.07) is 5.24. The Kier molecular flexibility index (Phi) is 3.72. The molecule has 0 saturated heterocycles. The normalized spacial score (nSPS) is 17.0. The van der Waals surface area contributed by atoms with E-state index in [9.17, 15) is 14.7 Å². The van der Waals surface area contributed by atoms with E-state index < -0.39 is 18.0 Å². The van der Waals surface area contributed by atoms with Crippen LogP contribution in [-0.4, -0.2) is 38.0 Å². The Hall–Kier alpha value is -2.54. The fourth-order valence-corrected chi connectivity index (χ4v) is 2.62. The van der Waals surface area contributed by atoms with E-state index in [4.69, 9.17) is 11.6 Å². The first-order valence-electron chi connectivity index (χ1n) is 6.61. The first-order valence-corrected chi connectivity index (χ1v) is 6.99. The van der Waals surface area contributed by atoms with E-state index in [1.54, 1.807) is 24.3 Å². The smallest absolute Gasteiger partial charge is 0.326 e. The number of hydrogen-bond donors (Lipinski definition) is 3. The first kappa shape index (κ1) is 14.4. The van der Waals surface area contributed by atoms with Gasteiger partial charge in [0.05, 0.1) is 24.3 Å². The zero-order valence-electron chi connectivity index (χ0n) is 11.4. The lowest BCUT2D eigenvalue weighted by Gasteiger charge is -2.32. The lowest BCUT2D eigenvalue weighted by atomic mass is 10.0. The van der Waals surface area contributed by atoms with Gasteiger partial charge in [-0.05, 0) is 18.2 Å². The Labute approximate surface area is 130 Å². The van der Waals surface area contributed by atoms with Crippen LogP contribution in [0.5, 0.6) is 0 Å². The maximum absolute atomic E-state index is 12.4. The van der Waals surface area contributed by atoms with E-state index in [0.29, 0.717) is 16.4 Å². The summed E-state index contributed by atoms with van der Waals surface area (Å²) in [6.07, 6.45) is 1.68. The second-order valence-corrected chi connectivity index (χ2v) is 5.39. The van der Waals surface area contributed by atoms with Crippen molar-refractivity contribution in [2.45, 2.75) is 19.0 Å². The number of nitrogens with zero attached hydrogens (tertiary/aromatic N) is 2. The molecule has 3 N–H and O–H groups in total. The molecule has 114 valence electrons. The van der Waals surface area contributed by atoms with Crippen molar-refractivity contribution in [3.05, 3.63) is 47.0 Å². The number of aromatic nitrogens is 2. The largest absolute Gasteiger partial charge is 0.480 e. The molecule has 1 aliphatic heterocycles. The van der Waals surface area contributed by atoms with Gasteiger partial charge in [0.1, 0.15) is 6.04 Å². The standard InChI is InChI=1S/C14H13ClN4O3/c15-8-2-1-3-9(4-8)18-14(22)19-6-11-10(16-7-17-11)5-12(19)13(20)21/h1-4,7,12H,5-6H2,(H,16,17)(H,18,22)(H,20,21). The van der Waals surface area contributed by atoms with Gasteiger partial charge in [0, 0.05) is 17.1 Å². The number of hydrogen-bond acceptors (Lipinski definition) is 3. The number of imidazole rings is 1. The van der Waals surface area contributed by atoms with Crippen LogP contribution in [0.2, 0.25) is 5.02 Å². The predicted molar refractivity (Wildman–Crippen MR) is 79.7 cm³/mol. The number of aliphatic carboxylic acids is 1. The van der Waals surface area contributed by atoms with Gasteiger partial charge in [-0.3, -0.25) is 0 Å². The topological polar surface area (TPSA) is 98.3 Å². The molecule has 1 aliphatic rings. The van der Waals surface area contributed by atoms with Crippen molar-refractivity contribution < 1.29 is 14.7 Å². The molecule has 1 aromatic heterocycles. The summed E-state index contributed by atoms with van der Waals surface area (Å²) >= 11 is 5.87. The Morgan fingerprint density at radius 1 is 1.45 bits per heavy atom. The number of aromatic amines is 1. The number of amides is 2. The number of rotatable bonds is 2. The van der Waals surface area contributed by atoms with Crippen molar-refractivity contribution in [2.24, 2.45) is 0 Å². The van der Waals surface area contributed by atoms with Crippen LogP contribution in [0.3, 0.4) is 0 Å². The van der Waals surface area contributed by atoms with Gasteiger partial charge in [0.25, 0.3) is 0 Å². The number of H-pyrrole nitrogens is 1. The second kappa shape index (κ2) is 5.69. The van der Waals surface area contributed by atoms with E-state index >= 15 is 0 Å². The van der Waals surface area contributed by atoms with Gasteiger partial charge in [-0.25, -0.2) is 14.6 Å². The van der Waals surface area contributed by atoms with E-state index in [-0.39, 0.29) is 13.0 Å². The SMILES string of the molecule is O=C(O)C1Cc2nc[nH]c2CN1C(=O)Nc1cccc(Cl)c1. The summed E-state index contributed by atoms with van der Waals surface area (Å²) in [4.78, 5) is 32.1. The molecule has 2 heterocycles. The van der Waals surface area contributed by atoms with Crippen LogP contribution in [0.4, 0.5) is 10.5 Å². The third-order valence-corrected chi connectivity index (χ3v) is 3.76. The zero-order chi connectivity index (χ0) is 15.7. The molecule has 3 rings (SSSR count). The van der Waals surface area contributed by atoms with Gasteiger partial charge in [-0.2, -0.15) is 0 Å². The molecule has 2 aromatic rings. The third kappa shape index (κ3) is 2.75. The van der Waals surface area contributed by atoms with Crippen molar-refractivity contribution in [3.8, 4) is 0 Å². The molecule has 0 radical (unpaired) electrons. The van der Waals surface area contributed by atoms with Crippen molar-refractivity contribution in [3.63, 3.8) is 0 Å². The number of urea groups is 1. The average Bonchev–Trinajstić information content (AvgIpc) is 2.93. The number of fused-ring (bicyclic) bond motifs is 1. The molecule has 1 atom stereocenters. The first-order chi connectivity index (χ1) is 10.5. The Balaban J connectivity index is 1.82. The molecule has 7 nitrogen and oxygen atoms in total. The molecule has 0 bridgehead atoms. The average molecular weight is 321 g/mol. The van der Waals surface area contributed by atoms with Gasteiger partial charge in [0.15, 0.2) is 0 Å². The van der Waals surface area contributed by atoms with Crippen molar-refractivity contribution in [2.75, 3.05) is 5.32 Å². The summed E-state index contributed by atoms with van der Waals surface area (Å²) in [6.45, 7) is 0.165. The highest BCUT2D eigenvalue weighted by atomic mass is 35.5. The van der Waals surface area contributed by atoms with Crippen LogP contribution < -0.4 is 5.32 Å². The van der Waals surface area contributed by atoms with Gasteiger partial charge in [-0.15, -0.1) is 0 Å². The van der Waals surface area contributed by atoms with Crippen molar-refractivity contribution in [1.29, 1.82) is 0 Å². The molecule has 0 aliphatic carbocycles. The van der Waals surface area contributed by atoms with Gasteiger partial charge >= 0.3 is 12.0 Å². The van der Waals surface area contributed by atoms with Crippen LogP contribution in [0, 0.1) is 0 Å². The van der Waals surface area contributed by atoms with Crippen molar-refractivity contribution >= 4 is 29.3 Å². The molecule has 1 unspecified atom stereocenters. The molecule has 8 heteroatoms. The number of carbonyl (C=O) groups is 2. The Morgan fingerprint density at radius 3 is 3.00 bits per heavy atom. The minimum absolute atomic E-state index is 0.165.